The van der Waals surface area contributed by atoms with Crippen LogP contribution in [0.3, 0.4) is 0 Å². The van der Waals surface area contributed by atoms with Crippen molar-refractivity contribution in [2.24, 2.45) is 0 Å². The molecule has 0 aliphatic rings. The van der Waals surface area contributed by atoms with Gasteiger partial charge in [0.05, 0.1) is 11.0 Å². The summed E-state index contributed by atoms with van der Waals surface area (Å²) in [5.41, 5.74) is 4.69. The van der Waals surface area contributed by atoms with E-state index in [0.29, 0.717) is 0 Å². The Balaban J connectivity index is 2.59. The number of nitrogens with zero attached hydrogens (tertiary/aromatic N) is 1. The lowest BCUT2D eigenvalue weighted by atomic mass is 10.1. The van der Waals surface area contributed by atoms with Crippen LogP contribution in [-0.4, -0.2) is 9.97 Å². The predicted octanol–water partition coefficient (Wildman–Crippen LogP) is 3.33. The van der Waals surface area contributed by atoms with E-state index in [1.54, 1.807) is 0 Å². The highest BCUT2D eigenvalue weighted by Crippen LogP contribution is 2.25. The van der Waals surface area contributed by atoms with Gasteiger partial charge in [-0.1, -0.05) is 18.2 Å². The van der Waals surface area contributed by atoms with Crippen LogP contribution in [0.15, 0.2) is 30.5 Å². The summed E-state index contributed by atoms with van der Waals surface area (Å²) in [6, 6.07) is 8.42. The molecule has 2 heteroatoms. The van der Waals surface area contributed by atoms with Gasteiger partial charge in [0.1, 0.15) is 0 Å². The number of benzene rings is 1. The molecule has 74 valence electrons. The van der Waals surface area contributed by atoms with Gasteiger partial charge in [0, 0.05) is 22.7 Å². The second-order valence-electron chi connectivity index (χ2n) is 4.01. The first-order valence-corrected chi connectivity index (χ1v) is 5.09. The number of H-pyrrole nitrogens is 1. The lowest BCUT2D eigenvalue weighted by Gasteiger charge is -2.01. The topological polar surface area (TPSA) is 28.7 Å². The van der Waals surface area contributed by atoms with E-state index in [1.807, 2.05) is 6.20 Å². The molecule has 0 saturated carbocycles. The van der Waals surface area contributed by atoms with Gasteiger partial charge in [0.15, 0.2) is 0 Å². The van der Waals surface area contributed by atoms with Gasteiger partial charge in [-0.2, -0.15) is 0 Å². The summed E-state index contributed by atoms with van der Waals surface area (Å²) < 4.78 is 0. The quantitative estimate of drug-likeness (QED) is 0.587. The first-order valence-electron chi connectivity index (χ1n) is 5.09. The van der Waals surface area contributed by atoms with Crippen molar-refractivity contribution in [3.05, 3.63) is 41.7 Å². The van der Waals surface area contributed by atoms with Crippen molar-refractivity contribution in [2.75, 3.05) is 0 Å². The molecule has 1 aromatic carbocycles. The Morgan fingerprint density at radius 2 is 2.07 bits per heavy atom. The molecule has 0 aliphatic carbocycles. The summed E-state index contributed by atoms with van der Waals surface area (Å²) in [6.45, 7) is 4.17. The Hall–Kier alpha value is -1.83. The molecule has 0 unspecified atom stereocenters. The van der Waals surface area contributed by atoms with Crippen molar-refractivity contribution in [1.82, 2.24) is 9.97 Å². The summed E-state index contributed by atoms with van der Waals surface area (Å²) in [6.07, 6.45) is 1.94. The maximum atomic E-state index is 4.50. The van der Waals surface area contributed by atoms with Gasteiger partial charge in [-0.3, -0.25) is 4.98 Å². The molecule has 0 spiro atoms. The molecule has 2 nitrogen and oxygen atoms in total. The van der Waals surface area contributed by atoms with Gasteiger partial charge in [-0.15, -0.1) is 0 Å². The van der Waals surface area contributed by atoms with Crippen LogP contribution in [0.4, 0.5) is 0 Å². The van der Waals surface area contributed by atoms with Crippen LogP contribution in [0.2, 0.25) is 0 Å². The second-order valence-corrected chi connectivity index (χ2v) is 4.01. The molecule has 1 N–H and O–H groups in total. The number of hydrogen-bond donors (Lipinski definition) is 1. The van der Waals surface area contributed by atoms with E-state index in [-0.39, 0.29) is 0 Å². The normalized spacial score (nSPS) is 11.3. The minimum Gasteiger partial charge on any atom is -0.358 e. The largest absolute Gasteiger partial charge is 0.358 e. The average Bonchev–Trinajstić information content (AvgIpc) is 2.59. The molecule has 0 bridgehead atoms. The molecule has 3 aromatic rings. The zero-order valence-corrected chi connectivity index (χ0v) is 8.83. The molecule has 0 radical (unpaired) electrons. The van der Waals surface area contributed by atoms with Gasteiger partial charge >= 0.3 is 0 Å². The molecule has 15 heavy (non-hydrogen) atoms. The van der Waals surface area contributed by atoms with Crippen molar-refractivity contribution < 1.29 is 0 Å². The maximum Gasteiger partial charge on any atom is 0.0752 e. The van der Waals surface area contributed by atoms with Crippen molar-refractivity contribution in [3.8, 4) is 0 Å². The van der Waals surface area contributed by atoms with E-state index >= 15 is 0 Å². The lowest BCUT2D eigenvalue weighted by Crippen LogP contribution is -1.83. The monoisotopic (exact) mass is 196 g/mol. The number of fused-ring (bicyclic) bond motifs is 3. The minimum atomic E-state index is 1.09. The highest BCUT2D eigenvalue weighted by atomic mass is 14.7. The van der Waals surface area contributed by atoms with Crippen LogP contribution in [0.5, 0.6) is 0 Å². The number of hydrogen-bond acceptors (Lipinski definition) is 1. The highest BCUT2D eigenvalue weighted by Gasteiger charge is 2.05. The predicted molar refractivity (Wildman–Crippen MR) is 63.1 cm³/mol. The van der Waals surface area contributed by atoms with E-state index in [4.69, 9.17) is 0 Å². The number of para-hydroxylation sites is 1. The third-order valence-electron chi connectivity index (χ3n) is 2.82. The number of nitrogens with one attached hydrogen (secondary N) is 1. The molecule has 0 atom stereocenters. The number of aromatic nitrogens is 2. The second kappa shape index (κ2) is 2.83. The van der Waals surface area contributed by atoms with E-state index in [2.05, 4.69) is 48.1 Å². The van der Waals surface area contributed by atoms with Crippen molar-refractivity contribution in [3.63, 3.8) is 0 Å². The molecule has 2 aromatic heterocycles. The number of aryl methyl sites for hydroxylation is 2. The van der Waals surface area contributed by atoms with Gasteiger partial charge in [0.25, 0.3) is 0 Å². The van der Waals surface area contributed by atoms with Gasteiger partial charge in [0.2, 0.25) is 0 Å². The summed E-state index contributed by atoms with van der Waals surface area (Å²) in [5.74, 6) is 0. The fraction of sp³-hybridized carbons (Fsp3) is 0.154. The first kappa shape index (κ1) is 8.48. The van der Waals surface area contributed by atoms with Crippen LogP contribution in [0.1, 0.15) is 11.3 Å². The van der Waals surface area contributed by atoms with Crippen molar-refractivity contribution in [2.45, 2.75) is 13.8 Å². The molecular weight excluding hydrogens is 184 g/mol. The van der Waals surface area contributed by atoms with Gasteiger partial charge in [-0.25, -0.2) is 0 Å². The summed E-state index contributed by atoms with van der Waals surface area (Å²) in [4.78, 5) is 7.89. The summed E-state index contributed by atoms with van der Waals surface area (Å²) in [7, 11) is 0. The Bertz CT molecular complexity index is 650. The molecular formula is C13H12N2. The third kappa shape index (κ3) is 1.14. The first-order chi connectivity index (χ1) is 7.25. The zero-order chi connectivity index (χ0) is 10.4. The summed E-state index contributed by atoms with van der Waals surface area (Å²) >= 11 is 0. The fourth-order valence-electron chi connectivity index (χ4n) is 2.10. The van der Waals surface area contributed by atoms with Crippen molar-refractivity contribution in [1.29, 1.82) is 0 Å². The SMILES string of the molecule is Cc1cc2cnc3c(C)cccc3c2[nH]1. The lowest BCUT2D eigenvalue weighted by molar-refractivity contribution is 1.30. The average molecular weight is 196 g/mol. The van der Waals surface area contributed by atoms with Crippen LogP contribution < -0.4 is 0 Å². The number of pyridine rings is 1. The molecule has 0 amide bonds. The van der Waals surface area contributed by atoms with Crippen LogP contribution in [0, 0.1) is 13.8 Å². The van der Waals surface area contributed by atoms with Crippen LogP contribution in [-0.2, 0) is 0 Å². The van der Waals surface area contributed by atoms with E-state index in [1.165, 1.54) is 27.5 Å². The van der Waals surface area contributed by atoms with Gasteiger partial charge < -0.3 is 4.98 Å². The Labute approximate surface area is 88.0 Å². The van der Waals surface area contributed by atoms with Gasteiger partial charge in [-0.05, 0) is 25.5 Å². The smallest absolute Gasteiger partial charge is 0.0752 e. The molecule has 0 saturated heterocycles. The molecule has 0 fully saturated rings. The van der Waals surface area contributed by atoms with Crippen LogP contribution in [0.25, 0.3) is 21.8 Å². The minimum absolute atomic E-state index is 1.09. The standard InChI is InChI=1S/C13H12N2/c1-8-4-3-5-11-12(8)14-7-10-6-9(2)15-13(10)11/h3-7,15H,1-2H3. The highest BCUT2D eigenvalue weighted by molar-refractivity contribution is 6.04. The Morgan fingerprint density at radius 1 is 1.20 bits per heavy atom. The van der Waals surface area contributed by atoms with E-state index in [0.717, 1.165) is 5.52 Å². The maximum absolute atomic E-state index is 4.50. The molecule has 0 aliphatic heterocycles. The van der Waals surface area contributed by atoms with Crippen LogP contribution >= 0.6 is 0 Å². The Kier molecular flexibility index (Phi) is 1.60. The fourth-order valence-corrected chi connectivity index (χ4v) is 2.10. The summed E-state index contributed by atoms with van der Waals surface area (Å²) in [5, 5.41) is 2.39. The number of aromatic amines is 1. The van der Waals surface area contributed by atoms with Crippen molar-refractivity contribution >= 4 is 21.8 Å². The molecule has 3 rings (SSSR count). The van der Waals surface area contributed by atoms with E-state index in [9.17, 15) is 0 Å². The molecule has 2 heterocycles. The zero-order valence-electron chi connectivity index (χ0n) is 8.83. The third-order valence-corrected chi connectivity index (χ3v) is 2.82. The Morgan fingerprint density at radius 3 is 2.93 bits per heavy atom. The van der Waals surface area contributed by atoms with E-state index < -0.39 is 0 Å². The number of rotatable bonds is 0.